The Balaban J connectivity index is 2.24. The quantitative estimate of drug-likeness (QED) is 0.245. The van der Waals surface area contributed by atoms with E-state index in [9.17, 15) is 19.8 Å². The lowest BCUT2D eigenvalue weighted by atomic mass is 9.71. The van der Waals surface area contributed by atoms with Crippen LogP contribution in [0.15, 0.2) is 130 Å². The normalized spacial score (nSPS) is 27.1. The predicted molar refractivity (Wildman–Crippen MR) is 185 cm³/mol. The Kier molecular flexibility index (Phi) is 10.1. The van der Waals surface area contributed by atoms with Crippen LogP contribution in [0.2, 0.25) is 0 Å². The Bertz CT molecular complexity index is 1540. The maximum atomic E-state index is 12.3. The molecule has 0 bridgehead atoms. The van der Waals surface area contributed by atoms with Crippen molar-refractivity contribution in [1.29, 1.82) is 0 Å². The van der Waals surface area contributed by atoms with E-state index in [1.165, 1.54) is 36.5 Å². The van der Waals surface area contributed by atoms with Crippen molar-refractivity contribution in [2.75, 3.05) is 0 Å². The predicted octanol–water partition coefficient (Wildman–Crippen LogP) is 8.91. The molecule has 4 nitrogen and oxygen atoms in total. The van der Waals surface area contributed by atoms with Crippen LogP contribution in [-0.4, -0.2) is 34.0 Å². The number of allylic oxidation sites excluding steroid dienone is 20. The van der Waals surface area contributed by atoms with Crippen LogP contribution in [0.3, 0.4) is 0 Å². The molecular weight excluding hydrogens is 544 g/mol. The molecule has 0 amide bonds. The van der Waals surface area contributed by atoms with E-state index in [0.717, 1.165) is 22.3 Å². The molecule has 4 heteroatoms. The number of aliphatic hydroxyl groups excluding tert-OH is 2. The maximum absolute atomic E-state index is 12.3. The number of rotatable bonds is 10. The van der Waals surface area contributed by atoms with Gasteiger partial charge < -0.3 is 10.2 Å². The number of carbonyl (C=O) groups excluding carboxylic acids is 2. The molecule has 0 aromatic rings. The minimum Gasteiger partial charge on any atom is -0.385 e. The molecule has 0 aromatic heterocycles. The van der Waals surface area contributed by atoms with Gasteiger partial charge in [-0.2, -0.15) is 0 Å². The van der Waals surface area contributed by atoms with Gasteiger partial charge in [-0.05, 0) is 87.4 Å². The Labute approximate surface area is 274 Å². The minimum absolute atomic E-state index is 0.0563. The molecule has 0 spiro atoms. The SMILES string of the molecule is [2H]C([2H])([2H])C(/C=C/C=C(C)/C=C/C1=C(C)C(=O)C(O)CC1(C)C)=C\C=C\C=C(\C=C\C=C(C)\C=C\C1=C(C)C(=O)C(O)CC1(C)C)C([2H])([2H])[2H]. The molecular formula is C40H52O4. The fourth-order valence-corrected chi connectivity index (χ4v) is 5.43. The molecule has 0 aromatic carbocycles. The highest BCUT2D eigenvalue weighted by atomic mass is 16.3. The Hall–Kier alpha value is -3.60. The molecule has 0 aliphatic heterocycles. The number of hydrogen-bond donors (Lipinski definition) is 2. The van der Waals surface area contributed by atoms with Crippen molar-refractivity contribution in [3.8, 4) is 0 Å². The lowest BCUT2D eigenvalue weighted by Gasteiger charge is -2.34. The summed E-state index contributed by atoms with van der Waals surface area (Å²) in [5, 5.41) is 20.1. The summed E-state index contributed by atoms with van der Waals surface area (Å²) in [6.45, 7) is 10.2. The second kappa shape index (κ2) is 15.9. The highest BCUT2D eigenvalue weighted by molar-refractivity contribution is 6.01. The fourth-order valence-electron chi connectivity index (χ4n) is 5.43. The van der Waals surface area contributed by atoms with Crippen molar-refractivity contribution >= 4 is 11.6 Å². The summed E-state index contributed by atoms with van der Waals surface area (Å²) in [5.41, 5.74) is 3.80. The molecule has 2 aliphatic carbocycles. The van der Waals surface area contributed by atoms with Crippen molar-refractivity contribution in [2.24, 2.45) is 10.8 Å². The largest absolute Gasteiger partial charge is 0.385 e. The summed E-state index contributed by atoms with van der Waals surface area (Å²) in [5.74, 6) is -0.539. The van der Waals surface area contributed by atoms with Gasteiger partial charge in [-0.1, -0.05) is 135 Å². The van der Waals surface area contributed by atoms with E-state index in [4.69, 9.17) is 8.22 Å². The van der Waals surface area contributed by atoms with E-state index in [-0.39, 0.29) is 33.5 Å². The second-order valence-corrected chi connectivity index (χ2v) is 12.8. The monoisotopic (exact) mass is 602 g/mol. The summed E-state index contributed by atoms with van der Waals surface area (Å²) in [6, 6.07) is 0. The third-order valence-electron chi connectivity index (χ3n) is 7.98. The molecule has 2 unspecified atom stereocenters. The molecule has 2 N–H and O–H groups in total. The van der Waals surface area contributed by atoms with Crippen LogP contribution in [0, 0.1) is 10.8 Å². The van der Waals surface area contributed by atoms with Gasteiger partial charge in [-0.3, -0.25) is 9.59 Å². The number of hydrogen-bond acceptors (Lipinski definition) is 4. The maximum Gasteiger partial charge on any atom is 0.187 e. The van der Waals surface area contributed by atoms with Crippen molar-refractivity contribution in [3.05, 3.63) is 130 Å². The zero-order chi connectivity index (χ0) is 38.2. The molecule has 236 valence electrons. The molecule has 2 aliphatic rings. The molecule has 2 atom stereocenters. The minimum atomic E-state index is -2.41. The average Bonchev–Trinajstić information content (AvgIpc) is 2.97. The Morgan fingerprint density at radius 2 is 0.977 bits per heavy atom. The second-order valence-electron chi connectivity index (χ2n) is 12.8. The molecule has 2 rings (SSSR count). The Morgan fingerprint density at radius 1 is 0.636 bits per heavy atom. The third kappa shape index (κ3) is 10.5. The molecule has 0 fully saturated rings. The van der Waals surface area contributed by atoms with Gasteiger partial charge in [0, 0.05) is 8.22 Å². The van der Waals surface area contributed by atoms with Crippen LogP contribution >= 0.6 is 0 Å². The van der Waals surface area contributed by atoms with Crippen LogP contribution in [0.25, 0.3) is 0 Å². The topological polar surface area (TPSA) is 74.6 Å². The zero-order valence-corrected chi connectivity index (χ0v) is 27.4. The van der Waals surface area contributed by atoms with Crippen molar-refractivity contribution in [1.82, 2.24) is 0 Å². The number of aliphatic hydroxyl groups is 2. The van der Waals surface area contributed by atoms with Crippen LogP contribution in [0.5, 0.6) is 0 Å². The van der Waals surface area contributed by atoms with Crippen LogP contribution in [-0.2, 0) is 9.59 Å². The molecule has 0 heterocycles. The van der Waals surface area contributed by atoms with E-state index in [1.807, 2.05) is 65.8 Å². The Morgan fingerprint density at radius 3 is 1.32 bits per heavy atom. The number of Topliss-reactive ketones (excluding diaryl/α,β-unsaturated/α-hetero) is 2. The van der Waals surface area contributed by atoms with Gasteiger partial charge in [-0.15, -0.1) is 0 Å². The molecule has 0 saturated heterocycles. The van der Waals surface area contributed by atoms with Gasteiger partial charge in [0.15, 0.2) is 11.6 Å². The molecule has 0 saturated carbocycles. The first-order valence-electron chi connectivity index (χ1n) is 17.9. The standard InChI is InChI=1S/C40H52O4/c1-27(17-13-19-29(3)21-23-33-31(5)37(43)35(41)25-39(33,7)8)15-11-12-16-28(2)18-14-20-30(4)22-24-34-32(6)38(44)36(42)26-40(34,9)10/h11-24,35-36,41-42H,25-26H2,1-10H3/b12-11+,17-13+,18-14+,23-21+,24-22+,27-15+,28-16+,29-19+,30-20+/i1D3,2D3. The zero-order valence-electron chi connectivity index (χ0n) is 33.4. The highest BCUT2D eigenvalue weighted by Crippen LogP contribution is 2.40. The first-order chi connectivity index (χ1) is 22.9. The molecule has 44 heavy (non-hydrogen) atoms. The van der Waals surface area contributed by atoms with E-state index in [0.29, 0.717) is 24.0 Å². The summed E-state index contributed by atoms with van der Waals surface area (Å²) in [6.07, 6.45) is 21.6. The summed E-state index contributed by atoms with van der Waals surface area (Å²) in [4.78, 5) is 24.6. The van der Waals surface area contributed by atoms with E-state index in [2.05, 4.69) is 0 Å². The summed E-state index contributed by atoms with van der Waals surface area (Å²) in [7, 11) is 0. The smallest absolute Gasteiger partial charge is 0.187 e. The lowest BCUT2D eigenvalue weighted by molar-refractivity contribution is -0.126. The van der Waals surface area contributed by atoms with E-state index in [1.54, 1.807) is 38.2 Å². The first kappa shape index (κ1) is 27.9. The van der Waals surface area contributed by atoms with Gasteiger partial charge in [-0.25, -0.2) is 0 Å². The van der Waals surface area contributed by atoms with Crippen molar-refractivity contribution in [3.63, 3.8) is 0 Å². The van der Waals surface area contributed by atoms with Gasteiger partial charge >= 0.3 is 0 Å². The van der Waals surface area contributed by atoms with Gasteiger partial charge in [0.2, 0.25) is 0 Å². The average molecular weight is 603 g/mol. The van der Waals surface area contributed by atoms with Gasteiger partial charge in [0.25, 0.3) is 0 Å². The first-order valence-corrected chi connectivity index (χ1v) is 14.9. The molecule has 0 radical (unpaired) electrons. The van der Waals surface area contributed by atoms with E-state index >= 15 is 0 Å². The van der Waals surface area contributed by atoms with E-state index < -0.39 is 25.9 Å². The summed E-state index contributed by atoms with van der Waals surface area (Å²) < 4.78 is 47.5. The summed E-state index contributed by atoms with van der Waals surface area (Å²) >= 11 is 0. The van der Waals surface area contributed by atoms with Crippen LogP contribution in [0.1, 0.15) is 90.2 Å². The number of ketones is 2. The fraction of sp³-hybridized carbons (Fsp3) is 0.400. The van der Waals surface area contributed by atoms with Crippen molar-refractivity contribution < 1.29 is 28.0 Å². The van der Waals surface area contributed by atoms with Crippen LogP contribution in [0.4, 0.5) is 0 Å². The highest BCUT2D eigenvalue weighted by Gasteiger charge is 2.37. The number of carbonyl (C=O) groups is 2. The van der Waals surface area contributed by atoms with Gasteiger partial charge in [0.05, 0.1) is 0 Å². The van der Waals surface area contributed by atoms with Gasteiger partial charge in [0.1, 0.15) is 12.2 Å². The van der Waals surface area contributed by atoms with Crippen molar-refractivity contribution in [2.45, 2.75) is 94.1 Å². The third-order valence-corrected chi connectivity index (χ3v) is 7.98. The van der Waals surface area contributed by atoms with Crippen LogP contribution < -0.4 is 0 Å². The lowest BCUT2D eigenvalue weighted by Crippen LogP contribution is -2.35.